The van der Waals surface area contributed by atoms with Gasteiger partial charge >= 0.3 is 0 Å². The predicted molar refractivity (Wildman–Crippen MR) is 92.8 cm³/mol. The van der Waals surface area contributed by atoms with Crippen LogP contribution in [0.25, 0.3) is 11.3 Å². The van der Waals surface area contributed by atoms with Crippen molar-refractivity contribution >= 4 is 0 Å². The van der Waals surface area contributed by atoms with E-state index in [2.05, 4.69) is 56.3 Å². The molecule has 118 valence electrons. The molecule has 1 aromatic carbocycles. The summed E-state index contributed by atoms with van der Waals surface area (Å²) in [6, 6.07) is 16.6. The third-order valence-corrected chi connectivity index (χ3v) is 3.81. The number of rotatable bonds is 9. The molecule has 0 N–H and O–H groups in total. The quantitative estimate of drug-likeness (QED) is 0.546. The van der Waals surface area contributed by atoms with Crippen molar-refractivity contribution in [3.63, 3.8) is 0 Å². The van der Waals surface area contributed by atoms with Crippen LogP contribution in [0.1, 0.15) is 57.7 Å². The third-order valence-electron chi connectivity index (χ3n) is 3.81. The van der Waals surface area contributed by atoms with Crippen LogP contribution in [-0.2, 0) is 4.74 Å². The first-order valence-electron chi connectivity index (χ1n) is 8.49. The monoisotopic (exact) mass is 297 g/mol. The van der Waals surface area contributed by atoms with Gasteiger partial charge in [-0.3, -0.25) is 4.98 Å². The SMILES string of the molecule is CCCCOC(CCCC)c1cccc(-c2ccccc2)n1. The molecule has 1 aromatic heterocycles. The molecule has 0 bridgehead atoms. The maximum Gasteiger partial charge on any atom is 0.0994 e. The van der Waals surface area contributed by atoms with Crippen molar-refractivity contribution in [3.05, 3.63) is 54.2 Å². The third kappa shape index (κ3) is 4.96. The zero-order valence-electron chi connectivity index (χ0n) is 13.8. The van der Waals surface area contributed by atoms with Crippen LogP contribution in [-0.4, -0.2) is 11.6 Å². The van der Waals surface area contributed by atoms with Gasteiger partial charge in [-0.25, -0.2) is 0 Å². The molecule has 1 unspecified atom stereocenters. The van der Waals surface area contributed by atoms with Gasteiger partial charge in [-0.05, 0) is 25.0 Å². The highest BCUT2D eigenvalue weighted by atomic mass is 16.5. The van der Waals surface area contributed by atoms with Crippen molar-refractivity contribution in [2.24, 2.45) is 0 Å². The van der Waals surface area contributed by atoms with Crippen LogP contribution in [0.4, 0.5) is 0 Å². The lowest BCUT2D eigenvalue weighted by atomic mass is 10.1. The van der Waals surface area contributed by atoms with E-state index < -0.39 is 0 Å². The topological polar surface area (TPSA) is 22.1 Å². The highest BCUT2D eigenvalue weighted by molar-refractivity contribution is 5.58. The lowest BCUT2D eigenvalue weighted by molar-refractivity contribution is 0.0405. The van der Waals surface area contributed by atoms with Crippen molar-refractivity contribution in [1.82, 2.24) is 4.98 Å². The molecule has 2 nitrogen and oxygen atoms in total. The van der Waals surface area contributed by atoms with Crippen LogP contribution in [0.2, 0.25) is 0 Å². The van der Waals surface area contributed by atoms with Crippen molar-refractivity contribution in [1.29, 1.82) is 0 Å². The minimum atomic E-state index is 0.121. The summed E-state index contributed by atoms with van der Waals surface area (Å²) < 4.78 is 6.10. The molecule has 0 spiro atoms. The molecule has 0 saturated heterocycles. The Morgan fingerprint density at radius 2 is 1.68 bits per heavy atom. The average molecular weight is 297 g/mol. The Kier molecular flexibility index (Phi) is 7.11. The summed E-state index contributed by atoms with van der Waals surface area (Å²) in [6.07, 6.45) is 5.81. The maximum atomic E-state index is 6.10. The standard InChI is InChI=1S/C20H27NO/c1-3-5-15-20(22-16-6-4-2)19-14-10-13-18(21-19)17-11-8-7-9-12-17/h7-14,20H,3-6,15-16H2,1-2H3. The largest absolute Gasteiger partial charge is 0.372 e. The maximum absolute atomic E-state index is 6.10. The highest BCUT2D eigenvalue weighted by Gasteiger charge is 2.14. The Hall–Kier alpha value is -1.67. The van der Waals surface area contributed by atoms with Gasteiger partial charge in [0.15, 0.2) is 0 Å². The van der Waals surface area contributed by atoms with E-state index in [4.69, 9.17) is 9.72 Å². The van der Waals surface area contributed by atoms with Crippen LogP contribution < -0.4 is 0 Å². The van der Waals surface area contributed by atoms with Gasteiger partial charge in [-0.15, -0.1) is 0 Å². The Labute approximate surface area is 134 Å². The van der Waals surface area contributed by atoms with E-state index in [0.717, 1.165) is 42.8 Å². The molecule has 0 aliphatic rings. The van der Waals surface area contributed by atoms with E-state index in [-0.39, 0.29) is 6.10 Å². The Morgan fingerprint density at radius 1 is 0.909 bits per heavy atom. The first-order valence-corrected chi connectivity index (χ1v) is 8.49. The zero-order chi connectivity index (χ0) is 15.6. The van der Waals surface area contributed by atoms with Crippen LogP contribution >= 0.6 is 0 Å². The number of benzene rings is 1. The summed E-state index contributed by atoms with van der Waals surface area (Å²) in [5.74, 6) is 0. The van der Waals surface area contributed by atoms with E-state index in [1.165, 1.54) is 12.8 Å². The summed E-state index contributed by atoms with van der Waals surface area (Å²) in [7, 11) is 0. The molecule has 1 heterocycles. The summed E-state index contributed by atoms with van der Waals surface area (Å²) >= 11 is 0. The Balaban J connectivity index is 2.16. The van der Waals surface area contributed by atoms with Crippen LogP contribution in [0, 0.1) is 0 Å². The van der Waals surface area contributed by atoms with Gasteiger partial charge in [-0.1, -0.05) is 69.5 Å². The fraction of sp³-hybridized carbons (Fsp3) is 0.450. The van der Waals surface area contributed by atoms with E-state index in [1.807, 2.05) is 6.07 Å². The molecular formula is C20H27NO. The number of nitrogens with zero attached hydrogens (tertiary/aromatic N) is 1. The molecule has 0 radical (unpaired) electrons. The summed E-state index contributed by atoms with van der Waals surface area (Å²) in [6.45, 7) is 5.23. The van der Waals surface area contributed by atoms with Gasteiger partial charge in [0.2, 0.25) is 0 Å². The summed E-state index contributed by atoms with van der Waals surface area (Å²) in [4.78, 5) is 4.85. The lowest BCUT2D eigenvalue weighted by Gasteiger charge is -2.18. The van der Waals surface area contributed by atoms with Crippen molar-refractivity contribution in [3.8, 4) is 11.3 Å². The number of pyridine rings is 1. The lowest BCUT2D eigenvalue weighted by Crippen LogP contribution is -2.08. The molecular weight excluding hydrogens is 270 g/mol. The summed E-state index contributed by atoms with van der Waals surface area (Å²) in [5, 5.41) is 0. The molecule has 0 fully saturated rings. The molecule has 0 aliphatic heterocycles. The van der Waals surface area contributed by atoms with Crippen molar-refractivity contribution in [2.45, 2.75) is 52.1 Å². The Bertz CT molecular complexity index is 538. The van der Waals surface area contributed by atoms with Crippen LogP contribution in [0.5, 0.6) is 0 Å². The minimum Gasteiger partial charge on any atom is -0.372 e. The van der Waals surface area contributed by atoms with Crippen molar-refractivity contribution < 1.29 is 4.74 Å². The number of ether oxygens (including phenoxy) is 1. The first-order chi connectivity index (χ1) is 10.8. The van der Waals surface area contributed by atoms with Gasteiger partial charge in [0.25, 0.3) is 0 Å². The predicted octanol–water partition coefficient (Wildman–Crippen LogP) is 5.80. The second-order valence-corrected chi connectivity index (χ2v) is 5.67. The van der Waals surface area contributed by atoms with Gasteiger partial charge in [0.05, 0.1) is 17.5 Å². The zero-order valence-corrected chi connectivity index (χ0v) is 13.8. The van der Waals surface area contributed by atoms with E-state index in [1.54, 1.807) is 0 Å². The van der Waals surface area contributed by atoms with Crippen LogP contribution in [0.15, 0.2) is 48.5 Å². The number of hydrogen-bond acceptors (Lipinski definition) is 2. The molecule has 2 rings (SSSR count). The molecule has 2 aromatic rings. The molecule has 0 saturated carbocycles. The fourth-order valence-corrected chi connectivity index (χ4v) is 2.48. The van der Waals surface area contributed by atoms with Gasteiger partial charge in [0, 0.05) is 12.2 Å². The smallest absolute Gasteiger partial charge is 0.0994 e. The van der Waals surface area contributed by atoms with Gasteiger partial charge < -0.3 is 4.74 Å². The molecule has 0 aliphatic carbocycles. The number of unbranched alkanes of at least 4 members (excludes halogenated alkanes) is 2. The van der Waals surface area contributed by atoms with E-state index >= 15 is 0 Å². The minimum absolute atomic E-state index is 0.121. The molecule has 0 amide bonds. The molecule has 1 atom stereocenters. The normalized spacial score (nSPS) is 12.3. The van der Waals surface area contributed by atoms with Crippen LogP contribution in [0.3, 0.4) is 0 Å². The second-order valence-electron chi connectivity index (χ2n) is 5.67. The highest BCUT2D eigenvalue weighted by Crippen LogP contribution is 2.25. The van der Waals surface area contributed by atoms with E-state index in [9.17, 15) is 0 Å². The molecule has 22 heavy (non-hydrogen) atoms. The Morgan fingerprint density at radius 3 is 2.41 bits per heavy atom. The fourth-order valence-electron chi connectivity index (χ4n) is 2.48. The summed E-state index contributed by atoms with van der Waals surface area (Å²) in [5.41, 5.74) is 3.25. The molecule has 2 heteroatoms. The first kappa shape index (κ1) is 16.7. The van der Waals surface area contributed by atoms with Gasteiger partial charge in [-0.2, -0.15) is 0 Å². The second kappa shape index (κ2) is 9.37. The van der Waals surface area contributed by atoms with Gasteiger partial charge in [0.1, 0.15) is 0 Å². The van der Waals surface area contributed by atoms with Crippen molar-refractivity contribution in [2.75, 3.05) is 6.61 Å². The van der Waals surface area contributed by atoms with E-state index in [0.29, 0.717) is 0 Å². The average Bonchev–Trinajstić information content (AvgIpc) is 2.59. The number of aromatic nitrogens is 1. The number of hydrogen-bond donors (Lipinski definition) is 0.